The Bertz CT molecular complexity index is 437. The van der Waals surface area contributed by atoms with Crippen molar-refractivity contribution in [2.45, 2.75) is 19.4 Å². The second-order valence-corrected chi connectivity index (χ2v) is 4.80. The summed E-state index contributed by atoms with van der Waals surface area (Å²) in [6.45, 7) is 3.08. The summed E-state index contributed by atoms with van der Waals surface area (Å²) < 4.78 is 8.53. The highest BCUT2D eigenvalue weighted by atomic mass is 79.9. The van der Waals surface area contributed by atoms with Crippen molar-refractivity contribution in [3.05, 3.63) is 40.8 Å². The van der Waals surface area contributed by atoms with Gasteiger partial charge in [-0.1, -0.05) is 6.92 Å². The molecule has 1 atom stereocenters. The Labute approximate surface area is 109 Å². The zero-order valence-electron chi connectivity index (χ0n) is 9.98. The fourth-order valence-electron chi connectivity index (χ4n) is 1.78. The first-order valence-electron chi connectivity index (χ1n) is 5.66. The molecule has 0 spiro atoms. The van der Waals surface area contributed by atoms with Crippen LogP contribution in [0.4, 0.5) is 0 Å². The number of aryl methyl sites for hydroxylation is 1. The molecule has 2 aromatic heterocycles. The lowest BCUT2D eigenvalue weighted by Crippen LogP contribution is -2.24. The van der Waals surface area contributed by atoms with E-state index in [1.54, 1.807) is 12.6 Å². The fraction of sp³-hybridized carbons (Fsp3) is 0.417. The monoisotopic (exact) mass is 297 g/mol. The first kappa shape index (κ1) is 12.4. The second kappa shape index (κ2) is 5.51. The predicted molar refractivity (Wildman–Crippen MR) is 69.8 cm³/mol. The molecule has 0 fully saturated rings. The molecular weight excluding hydrogens is 282 g/mol. The van der Waals surface area contributed by atoms with Crippen LogP contribution < -0.4 is 5.32 Å². The molecule has 1 N–H and O–H groups in total. The third-order valence-corrected chi connectivity index (χ3v) is 3.31. The summed E-state index contributed by atoms with van der Waals surface area (Å²) in [4.78, 5) is 4.16. The fourth-order valence-corrected chi connectivity index (χ4v) is 2.21. The van der Waals surface area contributed by atoms with E-state index < -0.39 is 0 Å². The Morgan fingerprint density at radius 2 is 2.41 bits per heavy atom. The third kappa shape index (κ3) is 2.61. The summed E-state index contributed by atoms with van der Waals surface area (Å²) in [5, 5.41) is 3.47. The lowest BCUT2D eigenvalue weighted by Gasteiger charge is -2.17. The average Bonchev–Trinajstić information content (AvgIpc) is 2.90. The van der Waals surface area contributed by atoms with E-state index in [-0.39, 0.29) is 6.04 Å². The van der Waals surface area contributed by atoms with Crippen molar-refractivity contribution < 1.29 is 4.42 Å². The largest absolute Gasteiger partial charge is 0.466 e. The molecule has 0 aromatic carbocycles. The first-order valence-corrected chi connectivity index (χ1v) is 6.45. The van der Waals surface area contributed by atoms with Crippen LogP contribution >= 0.6 is 15.9 Å². The number of nitrogens with zero attached hydrogens (tertiary/aromatic N) is 2. The van der Waals surface area contributed by atoms with Gasteiger partial charge in [-0.25, -0.2) is 4.98 Å². The molecular formula is C12H16BrN3O. The minimum Gasteiger partial charge on any atom is -0.466 e. The Morgan fingerprint density at radius 3 is 2.94 bits per heavy atom. The van der Waals surface area contributed by atoms with Gasteiger partial charge >= 0.3 is 0 Å². The van der Waals surface area contributed by atoms with Crippen LogP contribution in [0.15, 0.2) is 33.7 Å². The molecule has 5 heteroatoms. The summed E-state index contributed by atoms with van der Waals surface area (Å²) >= 11 is 3.51. The highest BCUT2D eigenvalue weighted by Crippen LogP contribution is 2.29. The Kier molecular flexibility index (Phi) is 4.02. The molecule has 0 amide bonds. The van der Waals surface area contributed by atoms with E-state index >= 15 is 0 Å². The van der Waals surface area contributed by atoms with Crippen molar-refractivity contribution in [2.24, 2.45) is 7.05 Å². The molecule has 0 aliphatic rings. The smallest absolute Gasteiger partial charge is 0.140 e. The first-order chi connectivity index (χ1) is 8.24. The summed E-state index contributed by atoms with van der Waals surface area (Å²) in [6, 6.07) is 1.94. The predicted octanol–water partition coefficient (Wildman–Crippen LogP) is 2.86. The van der Waals surface area contributed by atoms with E-state index in [1.165, 1.54) is 0 Å². The Morgan fingerprint density at radius 1 is 1.59 bits per heavy atom. The van der Waals surface area contributed by atoms with Gasteiger partial charge in [-0.2, -0.15) is 0 Å². The van der Waals surface area contributed by atoms with Crippen LogP contribution in [0.25, 0.3) is 0 Å². The van der Waals surface area contributed by atoms with Gasteiger partial charge in [-0.05, 0) is 35.0 Å². The summed E-state index contributed by atoms with van der Waals surface area (Å²) in [6.07, 6.45) is 6.43. The van der Waals surface area contributed by atoms with Gasteiger partial charge in [-0.15, -0.1) is 0 Å². The number of aromatic nitrogens is 2. The highest BCUT2D eigenvalue weighted by molar-refractivity contribution is 9.10. The number of rotatable bonds is 5. The van der Waals surface area contributed by atoms with Crippen LogP contribution in [0.2, 0.25) is 0 Å². The molecule has 0 aliphatic carbocycles. The molecule has 0 bridgehead atoms. The maximum atomic E-state index is 5.55. The third-order valence-electron chi connectivity index (χ3n) is 2.66. The van der Waals surface area contributed by atoms with Crippen LogP contribution in [0, 0.1) is 0 Å². The van der Waals surface area contributed by atoms with Crippen LogP contribution in [0.5, 0.6) is 0 Å². The molecule has 1 unspecified atom stereocenters. The van der Waals surface area contributed by atoms with E-state index in [9.17, 15) is 0 Å². The minimum absolute atomic E-state index is 0.0341. The molecule has 2 aromatic rings. The average molecular weight is 298 g/mol. The van der Waals surface area contributed by atoms with Gasteiger partial charge in [0.15, 0.2) is 0 Å². The quantitative estimate of drug-likeness (QED) is 0.923. The van der Waals surface area contributed by atoms with Gasteiger partial charge in [0.05, 0.1) is 29.0 Å². The maximum absolute atomic E-state index is 5.55. The van der Waals surface area contributed by atoms with Crippen LogP contribution in [-0.2, 0) is 7.05 Å². The Hall–Kier alpha value is -1.07. The van der Waals surface area contributed by atoms with Crippen LogP contribution in [-0.4, -0.2) is 16.1 Å². The normalized spacial score (nSPS) is 12.9. The molecule has 17 heavy (non-hydrogen) atoms. The molecule has 0 saturated heterocycles. The summed E-state index contributed by atoms with van der Waals surface area (Å²) in [7, 11) is 1.99. The second-order valence-electron chi connectivity index (χ2n) is 3.95. The molecule has 0 aliphatic heterocycles. The lowest BCUT2D eigenvalue weighted by atomic mass is 10.1. The zero-order chi connectivity index (χ0) is 12.3. The van der Waals surface area contributed by atoms with Gasteiger partial charge in [0.1, 0.15) is 11.8 Å². The molecule has 2 heterocycles. The molecule has 2 rings (SSSR count). The number of furan rings is 1. The molecule has 0 saturated carbocycles. The van der Waals surface area contributed by atoms with Gasteiger partial charge < -0.3 is 14.3 Å². The van der Waals surface area contributed by atoms with Gasteiger partial charge in [0.25, 0.3) is 0 Å². The zero-order valence-corrected chi connectivity index (χ0v) is 11.6. The van der Waals surface area contributed by atoms with Crippen molar-refractivity contribution in [3.63, 3.8) is 0 Å². The van der Waals surface area contributed by atoms with Crippen molar-refractivity contribution in [2.75, 3.05) is 6.54 Å². The number of hydrogen-bond acceptors (Lipinski definition) is 3. The molecule has 92 valence electrons. The van der Waals surface area contributed by atoms with Crippen molar-refractivity contribution in [1.82, 2.24) is 14.9 Å². The number of hydrogen-bond donors (Lipinski definition) is 1. The summed E-state index contributed by atoms with van der Waals surface area (Å²) in [5.74, 6) is 0.891. The van der Waals surface area contributed by atoms with Crippen LogP contribution in [0.3, 0.4) is 0 Å². The van der Waals surface area contributed by atoms with Gasteiger partial charge in [-0.3, -0.25) is 0 Å². The van der Waals surface area contributed by atoms with E-state index in [4.69, 9.17) is 4.42 Å². The topological polar surface area (TPSA) is 43.0 Å². The standard InChI is InChI=1S/C12H16BrN3O/c1-3-5-15-11(10-7-14-8-16(10)2)12-9(13)4-6-17-12/h4,6-8,11,15H,3,5H2,1-2H3. The molecule has 0 radical (unpaired) electrons. The van der Waals surface area contributed by atoms with Crippen LogP contribution in [0.1, 0.15) is 30.8 Å². The lowest BCUT2D eigenvalue weighted by molar-refractivity contribution is 0.434. The number of imidazole rings is 1. The van der Waals surface area contributed by atoms with E-state index in [0.29, 0.717) is 0 Å². The van der Waals surface area contributed by atoms with E-state index in [1.807, 2.05) is 23.9 Å². The van der Waals surface area contributed by atoms with Crippen molar-refractivity contribution in [1.29, 1.82) is 0 Å². The van der Waals surface area contributed by atoms with Gasteiger partial charge in [0, 0.05) is 7.05 Å². The van der Waals surface area contributed by atoms with Gasteiger partial charge in [0.2, 0.25) is 0 Å². The maximum Gasteiger partial charge on any atom is 0.140 e. The Balaban J connectivity index is 2.32. The molecule has 4 nitrogen and oxygen atoms in total. The number of halogens is 1. The number of nitrogens with one attached hydrogen (secondary N) is 1. The van der Waals surface area contributed by atoms with E-state index in [2.05, 4.69) is 33.2 Å². The van der Waals surface area contributed by atoms with E-state index in [0.717, 1.165) is 28.9 Å². The highest BCUT2D eigenvalue weighted by Gasteiger charge is 2.21. The summed E-state index contributed by atoms with van der Waals surface area (Å²) in [5.41, 5.74) is 1.09. The minimum atomic E-state index is 0.0341. The SMILES string of the molecule is CCCNC(c1occc1Br)c1cncn1C. The van der Waals surface area contributed by atoms with Crippen molar-refractivity contribution in [3.8, 4) is 0 Å². The van der Waals surface area contributed by atoms with Crippen molar-refractivity contribution >= 4 is 15.9 Å².